The van der Waals surface area contributed by atoms with Gasteiger partial charge in [-0.2, -0.15) is 0 Å². The predicted molar refractivity (Wildman–Crippen MR) is 82.9 cm³/mol. The van der Waals surface area contributed by atoms with Crippen LogP contribution in [0.5, 0.6) is 0 Å². The largest absolute Gasteiger partial charge is 0.371 e. The number of ether oxygens (including phenoxy) is 1. The predicted octanol–water partition coefficient (Wildman–Crippen LogP) is 3.54. The number of rotatable bonds is 4. The fourth-order valence-corrected chi connectivity index (χ4v) is 2.58. The van der Waals surface area contributed by atoms with Crippen molar-refractivity contribution in [3.8, 4) is 11.8 Å². The second kappa shape index (κ2) is 7.46. The minimum atomic E-state index is 0.384. The van der Waals surface area contributed by atoms with Crippen molar-refractivity contribution in [1.29, 1.82) is 0 Å². The van der Waals surface area contributed by atoms with Crippen LogP contribution < -0.4 is 5.73 Å². The van der Waals surface area contributed by atoms with Crippen molar-refractivity contribution >= 4 is 27.3 Å². The zero-order chi connectivity index (χ0) is 13.5. The zero-order valence-corrected chi connectivity index (χ0v) is 12.8. The molecule has 0 unspecified atom stereocenters. The SMILES string of the molecule is NCC#Cc1ccsc1COCc1ccc(Br)cc1. The lowest BCUT2D eigenvalue weighted by Crippen LogP contribution is -1.95. The molecule has 0 saturated carbocycles. The first-order valence-corrected chi connectivity index (χ1v) is 7.54. The van der Waals surface area contributed by atoms with Crippen LogP contribution in [0.2, 0.25) is 0 Å². The summed E-state index contributed by atoms with van der Waals surface area (Å²) >= 11 is 5.08. The van der Waals surface area contributed by atoms with Gasteiger partial charge in [0.1, 0.15) is 0 Å². The fourth-order valence-electron chi connectivity index (χ4n) is 1.55. The van der Waals surface area contributed by atoms with Crippen LogP contribution in [-0.2, 0) is 18.0 Å². The summed E-state index contributed by atoms with van der Waals surface area (Å²) in [5.74, 6) is 5.93. The van der Waals surface area contributed by atoms with Gasteiger partial charge in [0.25, 0.3) is 0 Å². The number of thiophene rings is 1. The monoisotopic (exact) mass is 335 g/mol. The highest BCUT2D eigenvalue weighted by Gasteiger charge is 2.02. The molecule has 0 amide bonds. The number of halogens is 1. The Labute approximate surface area is 125 Å². The molecule has 2 rings (SSSR count). The van der Waals surface area contributed by atoms with Crippen molar-refractivity contribution in [2.75, 3.05) is 6.54 Å². The normalized spacial score (nSPS) is 10.0. The molecule has 98 valence electrons. The molecule has 0 aliphatic rings. The maximum absolute atomic E-state index is 5.72. The molecule has 0 radical (unpaired) electrons. The topological polar surface area (TPSA) is 35.2 Å². The first-order valence-electron chi connectivity index (χ1n) is 5.87. The highest BCUT2D eigenvalue weighted by molar-refractivity contribution is 9.10. The molecule has 2 aromatic rings. The van der Waals surface area contributed by atoms with Crippen LogP contribution in [0.3, 0.4) is 0 Å². The highest BCUT2D eigenvalue weighted by atomic mass is 79.9. The zero-order valence-electron chi connectivity index (χ0n) is 10.4. The Kier molecular flexibility index (Phi) is 5.62. The Morgan fingerprint density at radius 3 is 2.68 bits per heavy atom. The summed E-state index contributed by atoms with van der Waals surface area (Å²) in [5, 5.41) is 2.03. The lowest BCUT2D eigenvalue weighted by atomic mass is 10.2. The molecule has 2 nitrogen and oxygen atoms in total. The van der Waals surface area contributed by atoms with Crippen molar-refractivity contribution in [2.45, 2.75) is 13.2 Å². The van der Waals surface area contributed by atoms with Gasteiger partial charge in [-0.15, -0.1) is 11.3 Å². The maximum atomic E-state index is 5.72. The van der Waals surface area contributed by atoms with Gasteiger partial charge in [0.05, 0.1) is 19.8 Å². The summed E-state index contributed by atoms with van der Waals surface area (Å²) in [6, 6.07) is 10.1. The van der Waals surface area contributed by atoms with Gasteiger partial charge in [-0.25, -0.2) is 0 Å². The smallest absolute Gasteiger partial charge is 0.0826 e. The number of nitrogens with two attached hydrogens (primary N) is 1. The summed E-state index contributed by atoms with van der Waals surface area (Å²) in [6.07, 6.45) is 0. The highest BCUT2D eigenvalue weighted by Crippen LogP contribution is 2.18. The van der Waals surface area contributed by atoms with Gasteiger partial charge < -0.3 is 10.5 Å². The molecular weight excluding hydrogens is 322 g/mol. The lowest BCUT2D eigenvalue weighted by Gasteiger charge is -2.04. The molecule has 0 bridgehead atoms. The second-order valence-corrected chi connectivity index (χ2v) is 5.80. The molecule has 1 aromatic carbocycles. The Balaban J connectivity index is 1.89. The Morgan fingerprint density at radius 2 is 1.95 bits per heavy atom. The van der Waals surface area contributed by atoms with E-state index in [1.54, 1.807) is 11.3 Å². The van der Waals surface area contributed by atoms with Gasteiger partial charge in [-0.05, 0) is 29.1 Å². The number of hydrogen-bond acceptors (Lipinski definition) is 3. The summed E-state index contributed by atoms with van der Waals surface area (Å²) < 4.78 is 6.80. The van der Waals surface area contributed by atoms with Crippen LogP contribution in [0, 0.1) is 11.8 Å². The van der Waals surface area contributed by atoms with Crippen LogP contribution in [0.1, 0.15) is 16.0 Å². The van der Waals surface area contributed by atoms with Crippen molar-refractivity contribution in [3.63, 3.8) is 0 Å². The van der Waals surface area contributed by atoms with E-state index in [2.05, 4.69) is 27.8 Å². The van der Waals surface area contributed by atoms with E-state index >= 15 is 0 Å². The third kappa shape index (κ3) is 4.48. The molecule has 2 N–H and O–H groups in total. The third-order valence-corrected chi connectivity index (χ3v) is 3.91. The van der Waals surface area contributed by atoms with Gasteiger partial charge in [-0.3, -0.25) is 0 Å². The van der Waals surface area contributed by atoms with Crippen LogP contribution >= 0.6 is 27.3 Å². The van der Waals surface area contributed by atoms with E-state index in [4.69, 9.17) is 10.5 Å². The first kappa shape index (κ1) is 14.3. The van der Waals surface area contributed by atoms with Gasteiger partial charge >= 0.3 is 0 Å². The summed E-state index contributed by atoms with van der Waals surface area (Å²) in [5.41, 5.74) is 7.56. The molecule has 1 aromatic heterocycles. The Hall–Kier alpha value is -1.12. The van der Waals surface area contributed by atoms with Crippen molar-refractivity contribution in [1.82, 2.24) is 0 Å². The quantitative estimate of drug-likeness (QED) is 0.867. The van der Waals surface area contributed by atoms with E-state index in [1.165, 1.54) is 0 Å². The Morgan fingerprint density at radius 1 is 1.16 bits per heavy atom. The minimum absolute atomic E-state index is 0.384. The van der Waals surface area contributed by atoms with E-state index in [0.717, 1.165) is 20.5 Å². The maximum Gasteiger partial charge on any atom is 0.0826 e. The average molecular weight is 336 g/mol. The van der Waals surface area contributed by atoms with E-state index < -0.39 is 0 Å². The summed E-state index contributed by atoms with van der Waals surface area (Å²) in [4.78, 5) is 1.15. The molecular formula is C15H14BrNOS. The molecule has 0 spiro atoms. The van der Waals surface area contributed by atoms with E-state index in [9.17, 15) is 0 Å². The standard InChI is InChI=1S/C15H14BrNOS/c16-14-5-3-12(4-6-14)10-18-11-15-13(2-1-8-17)7-9-19-15/h3-7,9H,8,10-11,17H2. The average Bonchev–Trinajstić information content (AvgIpc) is 2.86. The van der Waals surface area contributed by atoms with Crippen molar-refractivity contribution < 1.29 is 4.74 Å². The molecule has 0 aliphatic carbocycles. The molecule has 19 heavy (non-hydrogen) atoms. The van der Waals surface area contributed by atoms with Gasteiger partial charge in [-0.1, -0.05) is 39.9 Å². The molecule has 0 saturated heterocycles. The number of benzene rings is 1. The van der Waals surface area contributed by atoms with E-state index in [-0.39, 0.29) is 0 Å². The number of hydrogen-bond donors (Lipinski definition) is 1. The van der Waals surface area contributed by atoms with Crippen molar-refractivity contribution in [2.24, 2.45) is 5.73 Å². The Bertz CT molecular complexity index is 580. The van der Waals surface area contributed by atoms with E-state index in [0.29, 0.717) is 19.8 Å². The van der Waals surface area contributed by atoms with Crippen LogP contribution in [0.25, 0.3) is 0 Å². The van der Waals surface area contributed by atoms with Crippen LogP contribution in [-0.4, -0.2) is 6.54 Å². The van der Waals surface area contributed by atoms with Crippen LogP contribution in [0.15, 0.2) is 40.2 Å². The summed E-state index contributed by atoms with van der Waals surface area (Å²) in [6.45, 7) is 1.58. The van der Waals surface area contributed by atoms with Gasteiger partial charge in [0.15, 0.2) is 0 Å². The fraction of sp³-hybridized carbons (Fsp3) is 0.200. The summed E-state index contributed by atoms with van der Waals surface area (Å²) in [7, 11) is 0. The minimum Gasteiger partial charge on any atom is -0.371 e. The first-order chi connectivity index (χ1) is 9.29. The molecule has 0 aliphatic heterocycles. The molecule has 1 heterocycles. The second-order valence-electron chi connectivity index (χ2n) is 3.88. The van der Waals surface area contributed by atoms with Crippen molar-refractivity contribution in [3.05, 3.63) is 56.2 Å². The molecule has 0 fully saturated rings. The van der Waals surface area contributed by atoms with Gasteiger partial charge in [0, 0.05) is 14.9 Å². The molecule has 0 atom stereocenters. The lowest BCUT2D eigenvalue weighted by molar-refractivity contribution is 0.109. The van der Waals surface area contributed by atoms with E-state index in [1.807, 2.05) is 35.7 Å². The molecule has 4 heteroatoms. The van der Waals surface area contributed by atoms with Crippen LogP contribution in [0.4, 0.5) is 0 Å². The third-order valence-electron chi connectivity index (χ3n) is 2.49. The van der Waals surface area contributed by atoms with Gasteiger partial charge in [0.2, 0.25) is 0 Å².